The Morgan fingerprint density at radius 2 is 1.69 bits per heavy atom. The van der Waals surface area contributed by atoms with Crippen LogP contribution in [0, 0.1) is 6.92 Å². The van der Waals surface area contributed by atoms with Crippen molar-refractivity contribution in [2.75, 3.05) is 0 Å². The molecule has 0 radical (unpaired) electrons. The van der Waals surface area contributed by atoms with Crippen molar-refractivity contribution < 1.29 is 9.90 Å². The van der Waals surface area contributed by atoms with Gasteiger partial charge in [0.15, 0.2) is 0 Å². The number of phenolic OH excluding ortho intramolecular Hbond substituents is 1. The number of rotatable bonds is 5. The fraction of sp³-hybridized carbons (Fsp3) is 0.0833. The normalized spacial score (nSPS) is 11.2. The Labute approximate surface area is 168 Å². The minimum Gasteiger partial charge on any atom is -0.508 e. The van der Waals surface area contributed by atoms with E-state index in [4.69, 9.17) is 0 Å². The Kier molecular flexibility index (Phi) is 5.12. The first-order valence-electron chi connectivity index (χ1n) is 9.37. The zero-order valence-electron chi connectivity index (χ0n) is 16.0. The summed E-state index contributed by atoms with van der Waals surface area (Å²) < 4.78 is 2.26. The van der Waals surface area contributed by atoms with E-state index in [1.165, 1.54) is 17.7 Å². The van der Waals surface area contributed by atoms with Crippen LogP contribution in [0.25, 0.3) is 10.9 Å². The molecule has 0 aliphatic heterocycles. The quantitative estimate of drug-likeness (QED) is 0.394. The van der Waals surface area contributed by atoms with E-state index >= 15 is 0 Å². The molecule has 0 saturated heterocycles. The van der Waals surface area contributed by atoms with E-state index in [0.717, 1.165) is 28.7 Å². The van der Waals surface area contributed by atoms with Crippen molar-refractivity contribution in [3.63, 3.8) is 0 Å². The number of benzene rings is 3. The highest BCUT2D eigenvalue weighted by atomic mass is 16.3. The van der Waals surface area contributed by atoms with E-state index in [0.29, 0.717) is 5.56 Å². The van der Waals surface area contributed by atoms with Gasteiger partial charge in [-0.25, -0.2) is 5.43 Å². The van der Waals surface area contributed by atoms with Gasteiger partial charge in [-0.05, 0) is 42.8 Å². The van der Waals surface area contributed by atoms with Crippen LogP contribution in [0.15, 0.2) is 84.0 Å². The number of aromatic hydroxyl groups is 1. The predicted octanol–water partition coefficient (Wildman–Crippen LogP) is 4.47. The number of fused-ring (bicyclic) bond motifs is 1. The Morgan fingerprint density at radius 3 is 2.45 bits per heavy atom. The molecule has 0 atom stereocenters. The first-order valence-corrected chi connectivity index (χ1v) is 9.37. The maximum atomic E-state index is 12.2. The number of hydrogen-bond donors (Lipinski definition) is 2. The van der Waals surface area contributed by atoms with Gasteiger partial charge in [0.2, 0.25) is 0 Å². The zero-order chi connectivity index (χ0) is 20.2. The van der Waals surface area contributed by atoms with Gasteiger partial charge in [-0.3, -0.25) is 4.79 Å². The summed E-state index contributed by atoms with van der Waals surface area (Å²) in [6.45, 7) is 2.83. The molecular weight excluding hydrogens is 362 g/mol. The first-order chi connectivity index (χ1) is 14.1. The summed E-state index contributed by atoms with van der Waals surface area (Å²) in [5, 5.41) is 14.6. The lowest BCUT2D eigenvalue weighted by atomic mass is 10.1. The molecule has 1 aromatic heterocycles. The van der Waals surface area contributed by atoms with Crippen molar-refractivity contribution in [3.05, 3.63) is 101 Å². The number of phenols is 1. The molecule has 5 heteroatoms. The van der Waals surface area contributed by atoms with Crippen LogP contribution in [0.3, 0.4) is 0 Å². The van der Waals surface area contributed by atoms with E-state index in [-0.39, 0.29) is 11.7 Å². The summed E-state index contributed by atoms with van der Waals surface area (Å²) in [7, 11) is 0. The molecule has 0 aliphatic carbocycles. The third-order valence-electron chi connectivity index (χ3n) is 4.95. The van der Waals surface area contributed by atoms with Gasteiger partial charge >= 0.3 is 0 Å². The Morgan fingerprint density at radius 1 is 1.00 bits per heavy atom. The van der Waals surface area contributed by atoms with Crippen LogP contribution in [0.1, 0.15) is 27.2 Å². The number of aromatic nitrogens is 1. The molecule has 29 heavy (non-hydrogen) atoms. The van der Waals surface area contributed by atoms with Gasteiger partial charge in [0.1, 0.15) is 5.75 Å². The highest BCUT2D eigenvalue weighted by Crippen LogP contribution is 2.25. The van der Waals surface area contributed by atoms with E-state index in [1.807, 2.05) is 30.3 Å². The van der Waals surface area contributed by atoms with Crippen LogP contribution >= 0.6 is 0 Å². The Balaban J connectivity index is 1.62. The summed E-state index contributed by atoms with van der Waals surface area (Å²) in [5.74, 6) is -0.209. The number of nitrogens with one attached hydrogen (secondary N) is 1. The summed E-state index contributed by atoms with van der Waals surface area (Å²) in [6.07, 6.45) is 1.69. The van der Waals surface area contributed by atoms with Crippen molar-refractivity contribution >= 4 is 23.0 Å². The van der Waals surface area contributed by atoms with Gasteiger partial charge < -0.3 is 9.67 Å². The monoisotopic (exact) mass is 383 g/mol. The van der Waals surface area contributed by atoms with Gasteiger partial charge in [-0.2, -0.15) is 5.10 Å². The second kappa shape index (κ2) is 8.02. The van der Waals surface area contributed by atoms with Crippen molar-refractivity contribution in [2.24, 2.45) is 5.10 Å². The van der Waals surface area contributed by atoms with Crippen LogP contribution in [0.4, 0.5) is 0 Å². The lowest BCUT2D eigenvalue weighted by molar-refractivity contribution is 0.0955. The minimum atomic E-state index is -0.327. The fourth-order valence-corrected chi connectivity index (χ4v) is 3.42. The van der Waals surface area contributed by atoms with Gasteiger partial charge in [-0.15, -0.1) is 0 Å². The molecule has 0 saturated carbocycles. The van der Waals surface area contributed by atoms with Crippen LogP contribution in [-0.2, 0) is 6.54 Å². The topological polar surface area (TPSA) is 66.6 Å². The summed E-state index contributed by atoms with van der Waals surface area (Å²) in [5.41, 5.74) is 7.39. The van der Waals surface area contributed by atoms with Crippen LogP contribution in [0.2, 0.25) is 0 Å². The fourth-order valence-electron chi connectivity index (χ4n) is 3.42. The van der Waals surface area contributed by atoms with E-state index in [1.54, 1.807) is 18.3 Å². The van der Waals surface area contributed by atoms with Crippen LogP contribution < -0.4 is 5.43 Å². The zero-order valence-corrected chi connectivity index (χ0v) is 16.0. The number of carbonyl (C=O) groups excluding carboxylic acids is 1. The number of nitrogens with zero attached hydrogens (tertiary/aromatic N) is 2. The molecular formula is C24H21N3O2. The minimum absolute atomic E-state index is 0.118. The molecule has 0 aliphatic rings. The van der Waals surface area contributed by atoms with Crippen LogP contribution in [0.5, 0.6) is 5.75 Å². The van der Waals surface area contributed by atoms with E-state index < -0.39 is 0 Å². The van der Waals surface area contributed by atoms with E-state index in [2.05, 4.69) is 46.3 Å². The Hall–Kier alpha value is -3.86. The highest BCUT2D eigenvalue weighted by Gasteiger charge is 2.13. The van der Waals surface area contributed by atoms with Gasteiger partial charge in [0.05, 0.1) is 6.21 Å². The molecule has 2 N–H and O–H groups in total. The Bertz CT molecular complexity index is 1180. The lowest BCUT2D eigenvalue weighted by Gasteiger charge is -2.08. The van der Waals surface area contributed by atoms with Crippen LogP contribution in [-0.4, -0.2) is 21.8 Å². The molecule has 0 bridgehead atoms. The van der Waals surface area contributed by atoms with Gasteiger partial charge in [-0.1, -0.05) is 48.5 Å². The summed E-state index contributed by atoms with van der Waals surface area (Å²) in [4.78, 5) is 12.2. The third-order valence-corrected chi connectivity index (χ3v) is 4.95. The highest BCUT2D eigenvalue weighted by molar-refractivity contribution is 6.02. The molecule has 3 aromatic carbocycles. The van der Waals surface area contributed by atoms with Gasteiger partial charge in [0.25, 0.3) is 5.91 Å². The smallest absolute Gasteiger partial charge is 0.271 e. The number of hydrazone groups is 1. The largest absolute Gasteiger partial charge is 0.508 e. The molecule has 0 spiro atoms. The maximum absolute atomic E-state index is 12.2. The van der Waals surface area contributed by atoms with Crippen molar-refractivity contribution in [3.8, 4) is 5.75 Å². The maximum Gasteiger partial charge on any atom is 0.271 e. The number of para-hydroxylation sites is 1. The summed E-state index contributed by atoms with van der Waals surface area (Å²) >= 11 is 0. The first kappa shape index (κ1) is 18.5. The van der Waals surface area contributed by atoms with Crippen molar-refractivity contribution in [1.29, 1.82) is 0 Å². The lowest BCUT2D eigenvalue weighted by Crippen LogP contribution is -2.17. The molecule has 5 nitrogen and oxygen atoms in total. The second-order valence-electron chi connectivity index (χ2n) is 6.83. The predicted molar refractivity (Wildman–Crippen MR) is 115 cm³/mol. The average Bonchev–Trinajstić information content (AvgIpc) is 3.01. The second-order valence-corrected chi connectivity index (χ2v) is 6.83. The standard InChI is InChI=1S/C24H21N3O2/c1-17-22(15-25-26-24(29)19-11-13-20(28)14-12-19)21-9-5-6-10-23(21)27(17)16-18-7-3-2-4-8-18/h2-15,28H,16H2,1H3,(H,26,29). The molecule has 0 fully saturated rings. The SMILES string of the molecule is Cc1c(C=NNC(=O)c2ccc(O)cc2)c2ccccc2n1Cc1ccccc1. The molecule has 1 amide bonds. The van der Waals surface area contributed by atoms with E-state index in [9.17, 15) is 9.90 Å². The summed E-state index contributed by atoms with van der Waals surface area (Å²) in [6, 6.07) is 24.5. The molecule has 1 heterocycles. The van der Waals surface area contributed by atoms with Gasteiger partial charge in [0, 0.05) is 34.3 Å². The molecule has 4 rings (SSSR count). The number of hydrogen-bond acceptors (Lipinski definition) is 3. The average molecular weight is 383 g/mol. The number of amides is 1. The third kappa shape index (κ3) is 3.89. The molecule has 144 valence electrons. The van der Waals surface area contributed by atoms with Crippen molar-refractivity contribution in [2.45, 2.75) is 13.5 Å². The number of carbonyl (C=O) groups is 1. The molecule has 0 unspecified atom stereocenters. The van der Waals surface area contributed by atoms with Crippen molar-refractivity contribution in [1.82, 2.24) is 9.99 Å². The molecule has 4 aromatic rings.